The Morgan fingerprint density at radius 3 is 1.56 bits per heavy atom. The average molecular weight is 1380 g/mol. The van der Waals surface area contributed by atoms with E-state index >= 15 is 0 Å². The fraction of sp³-hybridized carbons (Fsp3) is 0.275. The molecule has 0 bridgehead atoms. The maximum atomic E-state index is 12.3. The number of aromatic hydroxyl groups is 1. The van der Waals surface area contributed by atoms with Gasteiger partial charge >= 0.3 is 10.6 Å². The fourth-order valence-corrected chi connectivity index (χ4v) is 12.5. The lowest BCUT2D eigenvalue weighted by Crippen LogP contribution is -2.08. The van der Waals surface area contributed by atoms with E-state index in [1.165, 1.54) is 61.8 Å². The zero-order valence-electron chi connectivity index (χ0n) is 46.9. The first-order chi connectivity index (χ1) is 41.7. The molecule has 0 saturated heterocycles. The molecule has 2 heterocycles. The summed E-state index contributed by atoms with van der Waals surface area (Å²) in [5.41, 5.74) is 3.23. The maximum Gasteiger partial charge on any atom is 0.425 e. The number of methoxy groups -OCH3 is 1. The molecule has 470 valence electrons. The zero-order valence-corrected chi connectivity index (χ0v) is 53.3. The van der Waals surface area contributed by atoms with Crippen molar-refractivity contribution < 1.29 is 79.1 Å². The van der Waals surface area contributed by atoms with E-state index in [1.807, 2.05) is 12.1 Å². The van der Waals surface area contributed by atoms with Gasteiger partial charge in [0.05, 0.1) is 76.0 Å². The molecule has 0 aliphatic heterocycles. The first-order valence-corrected chi connectivity index (χ1v) is 34.8. The molecule has 38 heteroatoms. The molecule has 30 nitrogen and oxygen atoms in total. The summed E-state index contributed by atoms with van der Waals surface area (Å²) in [7, 11) is -19.7. The molecule has 0 aliphatic rings. The average Bonchev–Trinajstić information content (AvgIpc) is 1.62. The molecule has 0 aliphatic carbocycles. The minimum absolute atomic E-state index is 0.00347. The minimum Gasteiger partial charge on any atom is -0.495 e. The van der Waals surface area contributed by atoms with Gasteiger partial charge in [0.1, 0.15) is 45.5 Å². The predicted octanol–water partition coefficient (Wildman–Crippen LogP) is 12.1. The third kappa shape index (κ3) is 19.8. The lowest BCUT2D eigenvalue weighted by Gasteiger charge is -2.12. The van der Waals surface area contributed by atoms with E-state index in [-0.39, 0.29) is 111 Å². The van der Waals surface area contributed by atoms with E-state index in [0.29, 0.717) is 48.6 Å². The van der Waals surface area contributed by atoms with Gasteiger partial charge in [-0.05, 0) is 130 Å². The third-order valence-corrected chi connectivity index (χ3v) is 17.9. The van der Waals surface area contributed by atoms with Gasteiger partial charge < -0.3 is 14.6 Å². The van der Waals surface area contributed by atoms with E-state index in [2.05, 4.69) is 45.9 Å². The molecule has 5 aromatic carbocycles. The van der Waals surface area contributed by atoms with Crippen LogP contribution in [-0.4, -0.2) is 121 Å². The Morgan fingerprint density at radius 2 is 1.08 bits per heavy atom. The van der Waals surface area contributed by atoms with Crippen molar-refractivity contribution in [3.63, 3.8) is 0 Å². The highest BCUT2D eigenvalue weighted by Gasteiger charge is 2.26. The summed E-state index contributed by atoms with van der Waals surface area (Å²) in [5.74, 6) is -2.23. The number of azo groups is 4. The largest absolute Gasteiger partial charge is 0.495 e. The number of ether oxygens (including phenoxy) is 2. The number of hydrogen-bond donors (Lipinski definition) is 5. The Hall–Kier alpha value is -7.92. The number of benzene rings is 5. The summed E-state index contributed by atoms with van der Waals surface area (Å²) in [5, 5.41) is 67.4. The second-order valence-corrected chi connectivity index (χ2v) is 27.8. The number of imidazole rings is 1. The van der Waals surface area contributed by atoms with Gasteiger partial charge in [0.2, 0.25) is 5.88 Å². The molecule has 0 spiro atoms. The van der Waals surface area contributed by atoms with E-state index in [0.717, 1.165) is 10.5 Å². The first kappa shape index (κ1) is 70.2. The lowest BCUT2D eigenvalue weighted by atomic mass is 10.1. The topological polar surface area (TPSA) is 471 Å². The standard InChI is InChI=1S/C51H49ClN12O15S6.O3S/c1-28-17-40(60-63-49-31(4)34(27-54)50-55-39-22-45(78-5)48(85(75,76)77)25-43(39)64(50)51(49)65)44(79-11-6-14-82(66,67)68)21-36(28)57-61-41-19-30(3)38(24-47(41)81-13-8-16-84(72,73)74)59-62-42-18-29(2)37(23-46(42)80-12-7-15-83(69,70)71)58-56-35-10-9-33(52)20-32(35)26-53;1-4(2)3/h9-10,17-25,65H,6-8,11-16H2,1-5H3,(H,66,67,68)(H,69,70,71)(H,72,73,74)(H,75,76,77);. The number of pyridine rings is 1. The Morgan fingerprint density at radius 1 is 0.607 bits per heavy atom. The van der Waals surface area contributed by atoms with Gasteiger partial charge in [-0.25, -0.2) is 4.98 Å². The van der Waals surface area contributed by atoms with Gasteiger partial charge in [0.15, 0.2) is 11.3 Å². The Kier molecular flexibility index (Phi) is 23.7. The van der Waals surface area contributed by atoms with Crippen LogP contribution in [-0.2, 0) is 51.1 Å². The van der Waals surface area contributed by atoms with E-state index < -0.39 is 79.1 Å². The molecule has 89 heavy (non-hydrogen) atoms. The molecule has 7 aromatic rings. The Bertz CT molecular complexity index is 4740. The summed E-state index contributed by atoms with van der Waals surface area (Å²) >= 11 is 8.45. The van der Waals surface area contributed by atoms with Crippen LogP contribution < -0.4 is 9.47 Å². The van der Waals surface area contributed by atoms with Crippen LogP contribution in [0, 0.1) is 50.4 Å². The number of halogens is 1. The molecule has 0 saturated carbocycles. The first-order valence-electron chi connectivity index (χ1n) is 25.1. The van der Waals surface area contributed by atoms with Gasteiger partial charge in [-0.1, -0.05) is 11.6 Å². The lowest BCUT2D eigenvalue weighted by molar-refractivity contribution is 0.317. The van der Waals surface area contributed by atoms with Crippen LogP contribution in [0.3, 0.4) is 0 Å². The van der Waals surface area contributed by atoms with Crippen molar-refractivity contribution in [3.05, 3.63) is 105 Å². The van der Waals surface area contributed by atoms with Crippen LogP contribution in [0.1, 0.15) is 52.6 Å². The highest BCUT2D eigenvalue weighted by atomic mass is 35.5. The van der Waals surface area contributed by atoms with Gasteiger partial charge in [-0.2, -0.15) is 59.5 Å². The third-order valence-electron chi connectivity index (χ3n) is 12.1. The Labute approximate surface area is 523 Å². The van der Waals surface area contributed by atoms with E-state index in [1.54, 1.807) is 57.2 Å². The van der Waals surface area contributed by atoms with Crippen molar-refractivity contribution in [2.75, 3.05) is 42.5 Å². The number of nitrogens with zero attached hydrogens (tertiary/aromatic N) is 12. The second kappa shape index (κ2) is 30.1. The van der Waals surface area contributed by atoms with Crippen molar-refractivity contribution in [3.8, 4) is 29.5 Å². The van der Waals surface area contributed by atoms with Crippen LogP contribution in [0.5, 0.6) is 17.4 Å². The molecular weight excluding hydrogens is 1330 g/mol. The summed E-state index contributed by atoms with van der Waals surface area (Å²) in [6.07, 6.45) is -0.0724. The van der Waals surface area contributed by atoms with Crippen LogP contribution >= 0.6 is 35.1 Å². The highest BCUT2D eigenvalue weighted by Crippen LogP contribution is 2.45. The second-order valence-electron chi connectivity index (χ2n) is 18.6. The van der Waals surface area contributed by atoms with Crippen molar-refractivity contribution in [2.45, 2.75) is 61.6 Å². The Balaban J connectivity index is 0.00000306. The summed E-state index contributed by atoms with van der Waals surface area (Å²) in [6, 6.07) is 20.3. The van der Waals surface area contributed by atoms with Crippen molar-refractivity contribution >= 4 is 148 Å². The summed E-state index contributed by atoms with van der Waals surface area (Å²) in [4.78, 5) is 4.71. The molecule has 0 radical (unpaired) electrons. The van der Waals surface area contributed by atoms with Gasteiger partial charge in [0.25, 0.3) is 40.5 Å². The number of rotatable bonds is 25. The van der Waals surface area contributed by atoms with Crippen molar-refractivity contribution in [1.82, 2.24) is 9.38 Å². The molecule has 5 N–H and O–H groups in total. The molecule has 2 aromatic heterocycles. The van der Waals surface area contributed by atoms with Crippen molar-refractivity contribution in [1.29, 1.82) is 10.5 Å². The van der Waals surface area contributed by atoms with Crippen LogP contribution in [0.4, 0.5) is 45.5 Å². The van der Waals surface area contributed by atoms with E-state index in [4.69, 9.17) is 33.7 Å². The molecule has 0 unspecified atom stereocenters. The number of fused-ring (bicyclic) bond motifs is 3. The van der Waals surface area contributed by atoms with Crippen LogP contribution in [0.15, 0.2) is 122 Å². The zero-order chi connectivity index (χ0) is 65.8. The SMILES string of the molecule is COc1cc2nc3c(C#N)c(C)c(N=Nc4cc(C)c(N=Nc5cc(C)c(N=Nc6cc(C)c(N=Nc7ccc(Cl)cc7C#N)cc6SCCCS(=O)(=O)O)cc5SCCCS(=O)(=O)O)cc4OCCCS(=O)(=O)O)c(O)n3c2cc1S(=O)(=O)O.O=S(=O)=O. The fourth-order valence-electron chi connectivity index (χ4n) is 7.92. The number of thioether (sulfide) groups is 2. The number of nitriles is 2. The highest BCUT2D eigenvalue weighted by molar-refractivity contribution is 7.99. The summed E-state index contributed by atoms with van der Waals surface area (Å²) < 4.78 is 170. The van der Waals surface area contributed by atoms with Gasteiger partial charge in [-0.15, -0.1) is 61.7 Å². The quantitative estimate of drug-likeness (QED) is 0.0154. The van der Waals surface area contributed by atoms with E-state index in [9.17, 15) is 67.5 Å². The number of aryl methyl sites for hydroxylation is 3. The molecular formula is C51H49ClN12O18S7. The monoisotopic (exact) mass is 1380 g/mol. The van der Waals surface area contributed by atoms with Crippen LogP contribution in [0.25, 0.3) is 16.7 Å². The number of hydrogen-bond acceptors (Lipinski definition) is 27. The molecule has 0 atom stereocenters. The van der Waals surface area contributed by atoms with Gasteiger partial charge in [-0.3, -0.25) is 22.6 Å². The molecule has 0 amide bonds. The summed E-state index contributed by atoms with van der Waals surface area (Å²) in [6.45, 7) is 6.28. The smallest absolute Gasteiger partial charge is 0.425 e. The molecule has 7 rings (SSSR count). The van der Waals surface area contributed by atoms with Crippen molar-refractivity contribution in [2.24, 2.45) is 40.9 Å². The predicted molar refractivity (Wildman–Crippen MR) is 326 cm³/mol. The van der Waals surface area contributed by atoms with Crippen LogP contribution in [0.2, 0.25) is 5.02 Å². The normalized spacial score (nSPS) is 12.3. The minimum atomic E-state index is -4.87. The maximum absolute atomic E-state index is 12.3. The van der Waals surface area contributed by atoms with Gasteiger partial charge in [0, 0.05) is 32.5 Å². The molecule has 0 fully saturated rings. The number of aromatic nitrogens is 2.